The third kappa shape index (κ3) is 3.72. The van der Waals surface area contributed by atoms with Gasteiger partial charge in [-0.1, -0.05) is 18.2 Å². The summed E-state index contributed by atoms with van der Waals surface area (Å²) >= 11 is 0. The number of carbonyl (C=O) groups is 2. The van der Waals surface area contributed by atoms with Gasteiger partial charge in [-0.3, -0.25) is 9.59 Å². The number of halogens is 1. The van der Waals surface area contributed by atoms with Crippen LogP contribution in [0.1, 0.15) is 40.7 Å². The van der Waals surface area contributed by atoms with Crippen LogP contribution in [0.2, 0.25) is 0 Å². The molecule has 2 aromatic carbocycles. The van der Waals surface area contributed by atoms with E-state index >= 15 is 0 Å². The summed E-state index contributed by atoms with van der Waals surface area (Å²) in [5, 5.41) is 3.02. The molecule has 5 heteroatoms. The SMILES string of the molecule is O=C(Nc1ccc2c(c1)CCC2)C1CCN(C(=O)c2ccccc2F)CC1. The van der Waals surface area contributed by atoms with Crippen molar-refractivity contribution in [2.24, 2.45) is 5.92 Å². The van der Waals surface area contributed by atoms with Crippen LogP contribution >= 0.6 is 0 Å². The van der Waals surface area contributed by atoms with E-state index < -0.39 is 5.82 Å². The molecule has 2 amide bonds. The number of carbonyl (C=O) groups excluding carboxylic acids is 2. The van der Waals surface area contributed by atoms with Gasteiger partial charge in [0.15, 0.2) is 0 Å². The molecule has 0 atom stereocenters. The molecular formula is C22H23FN2O2. The Morgan fingerprint density at radius 3 is 2.52 bits per heavy atom. The van der Waals surface area contributed by atoms with Crippen molar-refractivity contribution in [3.63, 3.8) is 0 Å². The van der Waals surface area contributed by atoms with Gasteiger partial charge in [-0.2, -0.15) is 0 Å². The van der Waals surface area contributed by atoms with Crippen LogP contribution in [0.15, 0.2) is 42.5 Å². The van der Waals surface area contributed by atoms with E-state index in [1.807, 2.05) is 6.07 Å². The molecule has 0 saturated carbocycles. The highest BCUT2D eigenvalue weighted by Crippen LogP contribution is 2.26. The monoisotopic (exact) mass is 366 g/mol. The fourth-order valence-corrected chi connectivity index (χ4v) is 4.04. The number of rotatable bonds is 3. The van der Waals surface area contributed by atoms with E-state index in [4.69, 9.17) is 0 Å². The molecule has 1 aliphatic heterocycles. The number of hydrogen-bond donors (Lipinski definition) is 1. The molecule has 1 fully saturated rings. The first-order valence-electron chi connectivity index (χ1n) is 9.58. The van der Waals surface area contributed by atoms with Crippen molar-refractivity contribution in [2.75, 3.05) is 18.4 Å². The Morgan fingerprint density at radius 2 is 1.74 bits per heavy atom. The number of anilines is 1. The zero-order valence-electron chi connectivity index (χ0n) is 15.2. The van der Waals surface area contributed by atoms with Gasteiger partial charge in [0.2, 0.25) is 5.91 Å². The molecule has 0 bridgehead atoms. The maximum absolute atomic E-state index is 13.8. The maximum Gasteiger partial charge on any atom is 0.256 e. The molecule has 1 heterocycles. The summed E-state index contributed by atoms with van der Waals surface area (Å²) < 4.78 is 13.8. The third-order valence-electron chi connectivity index (χ3n) is 5.62. The number of fused-ring (bicyclic) bond motifs is 1. The second-order valence-electron chi connectivity index (χ2n) is 7.37. The molecule has 2 aromatic rings. The number of amides is 2. The van der Waals surface area contributed by atoms with E-state index in [1.165, 1.54) is 29.7 Å². The first kappa shape index (κ1) is 17.7. The largest absolute Gasteiger partial charge is 0.339 e. The zero-order valence-corrected chi connectivity index (χ0v) is 15.2. The summed E-state index contributed by atoms with van der Waals surface area (Å²) in [4.78, 5) is 26.7. The molecule has 0 spiro atoms. The Hall–Kier alpha value is -2.69. The number of likely N-dealkylation sites (tertiary alicyclic amines) is 1. The van der Waals surface area contributed by atoms with Crippen molar-refractivity contribution in [1.29, 1.82) is 0 Å². The van der Waals surface area contributed by atoms with E-state index in [9.17, 15) is 14.0 Å². The van der Waals surface area contributed by atoms with Crippen molar-refractivity contribution in [2.45, 2.75) is 32.1 Å². The predicted octanol–water partition coefficient (Wildman–Crippen LogP) is 3.81. The minimum absolute atomic E-state index is 0.00550. The summed E-state index contributed by atoms with van der Waals surface area (Å²) in [7, 11) is 0. The number of piperidine rings is 1. The van der Waals surface area contributed by atoms with Crippen LogP contribution in [0.5, 0.6) is 0 Å². The summed E-state index contributed by atoms with van der Waals surface area (Å²) in [6.07, 6.45) is 4.57. The molecule has 0 aromatic heterocycles. The number of nitrogens with zero attached hydrogens (tertiary/aromatic N) is 1. The Kier molecular flexibility index (Phi) is 4.92. The number of nitrogens with one attached hydrogen (secondary N) is 1. The topological polar surface area (TPSA) is 49.4 Å². The fourth-order valence-electron chi connectivity index (χ4n) is 4.04. The van der Waals surface area contributed by atoms with Gasteiger partial charge in [0.1, 0.15) is 5.82 Å². The predicted molar refractivity (Wildman–Crippen MR) is 102 cm³/mol. The van der Waals surface area contributed by atoms with Crippen molar-refractivity contribution in [3.8, 4) is 0 Å². The van der Waals surface area contributed by atoms with Crippen molar-refractivity contribution in [3.05, 3.63) is 65.0 Å². The van der Waals surface area contributed by atoms with Crippen molar-refractivity contribution >= 4 is 17.5 Å². The molecule has 27 heavy (non-hydrogen) atoms. The molecule has 0 unspecified atom stereocenters. The lowest BCUT2D eigenvalue weighted by Gasteiger charge is -2.31. The van der Waals surface area contributed by atoms with Crippen LogP contribution in [0, 0.1) is 11.7 Å². The second-order valence-corrected chi connectivity index (χ2v) is 7.37. The van der Waals surface area contributed by atoms with Crippen LogP contribution in [-0.2, 0) is 17.6 Å². The molecule has 1 saturated heterocycles. The van der Waals surface area contributed by atoms with Gasteiger partial charge in [-0.15, -0.1) is 0 Å². The molecule has 4 rings (SSSR count). The van der Waals surface area contributed by atoms with Crippen LogP contribution in [0.25, 0.3) is 0 Å². The molecule has 0 radical (unpaired) electrons. The number of benzene rings is 2. The summed E-state index contributed by atoms with van der Waals surface area (Å²) in [6.45, 7) is 0.935. The first-order chi connectivity index (χ1) is 13.1. The number of hydrogen-bond acceptors (Lipinski definition) is 2. The minimum Gasteiger partial charge on any atom is -0.339 e. The van der Waals surface area contributed by atoms with Gasteiger partial charge >= 0.3 is 0 Å². The van der Waals surface area contributed by atoms with E-state index in [0.29, 0.717) is 25.9 Å². The van der Waals surface area contributed by atoms with E-state index in [-0.39, 0.29) is 23.3 Å². The van der Waals surface area contributed by atoms with Gasteiger partial charge in [0.05, 0.1) is 5.56 Å². The lowest BCUT2D eigenvalue weighted by Crippen LogP contribution is -2.41. The Morgan fingerprint density at radius 1 is 1.00 bits per heavy atom. The lowest BCUT2D eigenvalue weighted by atomic mass is 9.95. The van der Waals surface area contributed by atoms with Crippen molar-refractivity contribution in [1.82, 2.24) is 4.90 Å². The van der Waals surface area contributed by atoms with Crippen LogP contribution in [0.3, 0.4) is 0 Å². The highest BCUT2D eigenvalue weighted by Gasteiger charge is 2.29. The molecule has 140 valence electrons. The smallest absolute Gasteiger partial charge is 0.256 e. The van der Waals surface area contributed by atoms with Crippen LogP contribution in [0.4, 0.5) is 10.1 Å². The molecule has 4 nitrogen and oxygen atoms in total. The Bertz CT molecular complexity index is 872. The summed E-state index contributed by atoms with van der Waals surface area (Å²) in [5.41, 5.74) is 3.66. The van der Waals surface area contributed by atoms with E-state index in [2.05, 4.69) is 17.4 Å². The molecule has 1 aliphatic carbocycles. The van der Waals surface area contributed by atoms with Crippen molar-refractivity contribution < 1.29 is 14.0 Å². The normalized spacial score (nSPS) is 16.9. The van der Waals surface area contributed by atoms with Gasteiger partial charge in [0.25, 0.3) is 5.91 Å². The maximum atomic E-state index is 13.8. The Labute approximate surface area is 158 Å². The first-order valence-corrected chi connectivity index (χ1v) is 9.58. The quantitative estimate of drug-likeness (QED) is 0.898. The van der Waals surface area contributed by atoms with Gasteiger partial charge in [-0.25, -0.2) is 4.39 Å². The Balaban J connectivity index is 1.34. The standard InChI is InChI=1S/C22H23FN2O2/c23-20-7-2-1-6-19(20)22(27)25-12-10-16(11-13-25)21(26)24-18-9-8-15-4-3-5-17(15)14-18/h1-2,6-9,14,16H,3-5,10-13H2,(H,24,26). The van der Waals surface area contributed by atoms with Gasteiger partial charge < -0.3 is 10.2 Å². The molecular weight excluding hydrogens is 343 g/mol. The average molecular weight is 366 g/mol. The van der Waals surface area contributed by atoms with Gasteiger partial charge in [0, 0.05) is 24.7 Å². The third-order valence-corrected chi connectivity index (χ3v) is 5.62. The van der Waals surface area contributed by atoms with Crippen LogP contribution in [-0.4, -0.2) is 29.8 Å². The highest BCUT2D eigenvalue weighted by molar-refractivity contribution is 5.95. The second kappa shape index (κ2) is 7.51. The highest BCUT2D eigenvalue weighted by atomic mass is 19.1. The molecule has 1 N–H and O–H groups in total. The lowest BCUT2D eigenvalue weighted by molar-refractivity contribution is -0.121. The average Bonchev–Trinajstić information content (AvgIpc) is 3.16. The van der Waals surface area contributed by atoms with E-state index in [0.717, 1.165) is 18.5 Å². The zero-order chi connectivity index (χ0) is 18.8. The molecule has 2 aliphatic rings. The van der Waals surface area contributed by atoms with Gasteiger partial charge in [-0.05, 0) is 67.5 Å². The van der Waals surface area contributed by atoms with E-state index in [1.54, 1.807) is 17.0 Å². The number of aryl methyl sites for hydroxylation is 2. The fraction of sp³-hybridized carbons (Fsp3) is 0.364. The summed E-state index contributed by atoms with van der Waals surface area (Å²) in [5.74, 6) is -0.918. The minimum atomic E-state index is -0.501. The van der Waals surface area contributed by atoms with Crippen LogP contribution < -0.4 is 5.32 Å². The summed E-state index contributed by atoms with van der Waals surface area (Å²) in [6, 6.07) is 12.2.